The van der Waals surface area contributed by atoms with E-state index in [9.17, 15) is 5.11 Å². The lowest BCUT2D eigenvalue weighted by Crippen LogP contribution is -2.38. The predicted octanol–water partition coefficient (Wildman–Crippen LogP) is -0.162. The van der Waals surface area contributed by atoms with Crippen molar-refractivity contribution in [2.75, 3.05) is 43.4 Å². The Hall–Kier alpha value is -1.93. The lowest BCUT2D eigenvalue weighted by Gasteiger charge is -2.26. The third kappa shape index (κ3) is 2.71. The number of aliphatic hydroxyl groups is 1. The molecule has 120 valence electrons. The Kier molecular flexibility index (Phi) is 4.12. The molecule has 8 heteroatoms. The van der Waals surface area contributed by atoms with Gasteiger partial charge in [0, 0.05) is 39.3 Å². The molecule has 1 aliphatic rings. The van der Waals surface area contributed by atoms with E-state index in [2.05, 4.69) is 24.9 Å². The van der Waals surface area contributed by atoms with E-state index in [1.807, 2.05) is 14.0 Å². The highest BCUT2D eigenvalue weighted by molar-refractivity contribution is 5.86. The molecule has 0 aliphatic carbocycles. The molecule has 1 fully saturated rings. The van der Waals surface area contributed by atoms with E-state index in [4.69, 9.17) is 5.73 Å². The minimum absolute atomic E-state index is 0.185. The number of hydrogen-bond acceptors (Lipinski definition) is 7. The van der Waals surface area contributed by atoms with E-state index in [0.29, 0.717) is 11.8 Å². The summed E-state index contributed by atoms with van der Waals surface area (Å²) in [7, 11) is 1.85. The number of fused-ring (bicyclic) bond motifs is 1. The van der Waals surface area contributed by atoms with Gasteiger partial charge in [0.25, 0.3) is 0 Å². The summed E-state index contributed by atoms with van der Waals surface area (Å²) >= 11 is 0. The minimum Gasteiger partial charge on any atom is -0.395 e. The quantitative estimate of drug-likeness (QED) is 0.813. The van der Waals surface area contributed by atoms with E-state index in [1.54, 1.807) is 10.9 Å². The number of rotatable bonds is 3. The average molecular weight is 305 g/mol. The maximum Gasteiger partial charge on any atom is 0.229 e. The van der Waals surface area contributed by atoms with Crippen molar-refractivity contribution < 1.29 is 5.11 Å². The molecule has 3 rings (SSSR count). The molecule has 0 amide bonds. The van der Waals surface area contributed by atoms with Gasteiger partial charge in [0.15, 0.2) is 5.65 Å². The molecule has 8 nitrogen and oxygen atoms in total. The highest BCUT2D eigenvalue weighted by atomic mass is 16.3. The number of aryl methyl sites for hydroxylation is 1. The standard InChI is InChI=1S/C14H23N7O/c1-10(9-22)20-4-3-5-21(7-6-20)14-17-12(15)11-8-16-19(2)13(11)18-14/h8,10,22H,3-7,9H2,1-2H3,(H2,15,17,18). The third-order valence-corrected chi connectivity index (χ3v) is 4.31. The lowest BCUT2D eigenvalue weighted by molar-refractivity contribution is 0.141. The van der Waals surface area contributed by atoms with Crippen LogP contribution in [0.15, 0.2) is 6.20 Å². The summed E-state index contributed by atoms with van der Waals surface area (Å²) in [6.45, 7) is 5.80. The monoisotopic (exact) mass is 305 g/mol. The number of nitrogens with zero attached hydrogens (tertiary/aromatic N) is 6. The Morgan fingerprint density at radius 3 is 2.86 bits per heavy atom. The second kappa shape index (κ2) is 6.05. The summed E-state index contributed by atoms with van der Waals surface area (Å²) < 4.78 is 1.72. The topological polar surface area (TPSA) is 96.3 Å². The second-order valence-corrected chi connectivity index (χ2v) is 5.82. The Morgan fingerprint density at radius 2 is 2.09 bits per heavy atom. The molecule has 0 aromatic carbocycles. The molecule has 1 aliphatic heterocycles. The van der Waals surface area contributed by atoms with Crippen molar-refractivity contribution in [3.8, 4) is 0 Å². The number of nitrogen functional groups attached to an aromatic ring is 1. The normalized spacial score (nSPS) is 18.6. The number of hydrogen-bond donors (Lipinski definition) is 2. The fourth-order valence-electron chi connectivity index (χ4n) is 2.87. The first-order valence-corrected chi connectivity index (χ1v) is 7.65. The van der Waals surface area contributed by atoms with Crippen LogP contribution in [0, 0.1) is 0 Å². The summed E-state index contributed by atoms with van der Waals surface area (Å²) in [5.41, 5.74) is 6.80. The number of aliphatic hydroxyl groups excluding tert-OH is 1. The molecule has 0 saturated carbocycles. The van der Waals surface area contributed by atoms with E-state index in [0.717, 1.165) is 43.6 Å². The maximum atomic E-state index is 9.32. The van der Waals surface area contributed by atoms with Crippen molar-refractivity contribution in [2.45, 2.75) is 19.4 Å². The van der Waals surface area contributed by atoms with Gasteiger partial charge >= 0.3 is 0 Å². The fourth-order valence-corrected chi connectivity index (χ4v) is 2.87. The number of anilines is 2. The summed E-state index contributed by atoms with van der Waals surface area (Å²) in [5, 5.41) is 14.3. The zero-order valence-corrected chi connectivity index (χ0v) is 13.1. The summed E-state index contributed by atoms with van der Waals surface area (Å²) in [6.07, 6.45) is 2.71. The van der Waals surface area contributed by atoms with Gasteiger partial charge in [0.05, 0.1) is 18.2 Å². The van der Waals surface area contributed by atoms with Crippen LogP contribution in [0.1, 0.15) is 13.3 Å². The molecular formula is C14H23N7O. The molecule has 0 bridgehead atoms. The Balaban J connectivity index is 1.83. The molecule has 3 N–H and O–H groups in total. The zero-order valence-electron chi connectivity index (χ0n) is 13.1. The van der Waals surface area contributed by atoms with Crippen LogP contribution in [0.2, 0.25) is 0 Å². The molecular weight excluding hydrogens is 282 g/mol. The van der Waals surface area contributed by atoms with Crippen LogP contribution in [-0.2, 0) is 7.05 Å². The van der Waals surface area contributed by atoms with Gasteiger partial charge in [-0.1, -0.05) is 0 Å². The fraction of sp³-hybridized carbons (Fsp3) is 0.643. The van der Waals surface area contributed by atoms with Crippen molar-refractivity contribution in [1.29, 1.82) is 0 Å². The molecule has 0 spiro atoms. The molecule has 2 aromatic heterocycles. The van der Waals surface area contributed by atoms with E-state index >= 15 is 0 Å². The van der Waals surface area contributed by atoms with Crippen molar-refractivity contribution in [1.82, 2.24) is 24.6 Å². The largest absolute Gasteiger partial charge is 0.395 e. The third-order valence-electron chi connectivity index (χ3n) is 4.31. The molecule has 1 atom stereocenters. The van der Waals surface area contributed by atoms with Gasteiger partial charge in [-0.15, -0.1) is 0 Å². The number of aromatic nitrogens is 4. The van der Waals surface area contributed by atoms with Crippen LogP contribution in [-0.4, -0.2) is 68.6 Å². The molecule has 1 unspecified atom stereocenters. The van der Waals surface area contributed by atoms with Crippen molar-refractivity contribution in [3.63, 3.8) is 0 Å². The van der Waals surface area contributed by atoms with Gasteiger partial charge in [-0.2, -0.15) is 15.1 Å². The van der Waals surface area contributed by atoms with Crippen LogP contribution < -0.4 is 10.6 Å². The smallest absolute Gasteiger partial charge is 0.229 e. The van der Waals surface area contributed by atoms with Gasteiger partial charge in [-0.25, -0.2) is 0 Å². The summed E-state index contributed by atoms with van der Waals surface area (Å²) in [5.74, 6) is 1.13. The Labute approximate surface area is 129 Å². The van der Waals surface area contributed by atoms with E-state index in [-0.39, 0.29) is 12.6 Å². The molecule has 0 radical (unpaired) electrons. The van der Waals surface area contributed by atoms with Crippen LogP contribution in [0.5, 0.6) is 0 Å². The van der Waals surface area contributed by atoms with Crippen LogP contribution in [0.3, 0.4) is 0 Å². The SMILES string of the molecule is CC(CO)N1CCCN(c2nc(N)c3cnn(C)c3n2)CC1. The lowest BCUT2D eigenvalue weighted by atomic mass is 10.3. The van der Waals surface area contributed by atoms with Crippen molar-refractivity contribution >= 4 is 22.8 Å². The summed E-state index contributed by atoms with van der Waals surface area (Å²) in [6, 6.07) is 0.186. The number of nitrogens with two attached hydrogens (primary N) is 1. The molecule has 2 aromatic rings. The second-order valence-electron chi connectivity index (χ2n) is 5.82. The van der Waals surface area contributed by atoms with Crippen molar-refractivity contribution in [2.24, 2.45) is 7.05 Å². The zero-order chi connectivity index (χ0) is 15.7. The molecule has 3 heterocycles. The Bertz CT molecular complexity index is 656. The van der Waals surface area contributed by atoms with Crippen molar-refractivity contribution in [3.05, 3.63) is 6.20 Å². The minimum atomic E-state index is 0.185. The highest BCUT2D eigenvalue weighted by Gasteiger charge is 2.21. The van der Waals surface area contributed by atoms with Gasteiger partial charge in [-0.3, -0.25) is 9.58 Å². The van der Waals surface area contributed by atoms with E-state index in [1.165, 1.54) is 0 Å². The molecule has 1 saturated heterocycles. The van der Waals surface area contributed by atoms with Gasteiger partial charge in [0.2, 0.25) is 5.95 Å². The van der Waals surface area contributed by atoms with Crippen LogP contribution >= 0.6 is 0 Å². The maximum absolute atomic E-state index is 9.32. The summed E-state index contributed by atoms with van der Waals surface area (Å²) in [4.78, 5) is 13.5. The first-order valence-electron chi connectivity index (χ1n) is 7.65. The first kappa shape index (κ1) is 15.0. The first-order chi connectivity index (χ1) is 10.6. The van der Waals surface area contributed by atoms with Gasteiger partial charge < -0.3 is 15.7 Å². The Morgan fingerprint density at radius 1 is 1.27 bits per heavy atom. The van der Waals surface area contributed by atoms with Crippen LogP contribution in [0.25, 0.3) is 11.0 Å². The average Bonchev–Trinajstić information content (AvgIpc) is 2.75. The predicted molar refractivity (Wildman–Crippen MR) is 85.7 cm³/mol. The van der Waals surface area contributed by atoms with E-state index < -0.39 is 0 Å². The van der Waals surface area contributed by atoms with Gasteiger partial charge in [-0.05, 0) is 13.3 Å². The molecule has 22 heavy (non-hydrogen) atoms. The van der Waals surface area contributed by atoms with Crippen LogP contribution in [0.4, 0.5) is 11.8 Å². The highest BCUT2D eigenvalue weighted by Crippen LogP contribution is 2.21. The van der Waals surface area contributed by atoms with Gasteiger partial charge in [0.1, 0.15) is 5.82 Å².